The maximum Gasteiger partial charge on any atom is 0.293 e. The third kappa shape index (κ3) is 2.61. The summed E-state index contributed by atoms with van der Waals surface area (Å²) in [5, 5.41) is 0.0477. The maximum atomic E-state index is 10.4. The Kier molecular flexibility index (Phi) is 3.26. The summed E-state index contributed by atoms with van der Waals surface area (Å²) in [6, 6.07) is 0. The van der Waals surface area contributed by atoms with Crippen molar-refractivity contribution in [1.82, 2.24) is 9.97 Å². The van der Waals surface area contributed by atoms with Gasteiger partial charge in [0.05, 0.1) is 13.3 Å². The first-order valence-electron chi connectivity index (χ1n) is 3.51. The molecule has 0 aliphatic carbocycles. The van der Waals surface area contributed by atoms with E-state index < -0.39 is 5.91 Å². The lowest BCUT2D eigenvalue weighted by molar-refractivity contribution is -0.112. The van der Waals surface area contributed by atoms with E-state index in [1.807, 2.05) is 0 Å². The van der Waals surface area contributed by atoms with Crippen LogP contribution in [0.1, 0.15) is 5.56 Å². The predicted molar refractivity (Wildman–Crippen MR) is 49.7 cm³/mol. The van der Waals surface area contributed by atoms with Gasteiger partial charge in [-0.05, 0) is 17.5 Å². The largest absolute Gasteiger partial charge is 0.480 e. The molecule has 0 aliphatic rings. The summed E-state index contributed by atoms with van der Waals surface area (Å²) in [5.41, 5.74) is 5.20. The number of aromatic nitrogens is 2. The van der Waals surface area contributed by atoms with E-state index in [2.05, 4.69) is 21.8 Å². The van der Waals surface area contributed by atoms with Crippen LogP contribution < -0.4 is 10.5 Å². The molecule has 6 heteroatoms. The van der Waals surface area contributed by atoms with Gasteiger partial charge >= 0.3 is 0 Å². The van der Waals surface area contributed by atoms with E-state index in [-0.39, 0.29) is 11.2 Å². The third-order valence-electron chi connectivity index (χ3n) is 1.24. The number of carbonyl (C=O) groups is 1. The smallest absolute Gasteiger partial charge is 0.293 e. The van der Waals surface area contributed by atoms with E-state index in [9.17, 15) is 4.79 Å². The van der Waals surface area contributed by atoms with Crippen LogP contribution in [0, 0.1) is 11.8 Å². The zero-order chi connectivity index (χ0) is 10.6. The lowest BCUT2D eigenvalue weighted by Gasteiger charge is -2.00. The van der Waals surface area contributed by atoms with Crippen LogP contribution in [0.2, 0.25) is 5.28 Å². The first-order chi connectivity index (χ1) is 6.63. The minimum Gasteiger partial charge on any atom is -0.480 e. The molecule has 0 unspecified atom stereocenters. The molecule has 0 aliphatic heterocycles. The van der Waals surface area contributed by atoms with Crippen LogP contribution >= 0.6 is 11.6 Å². The average Bonchev–Trinajstić information content (AvgIpc) is 2.15. The second-order valence-electron chi connectivity index (χ2n) is 2.18. The van der Waals surface area contributed by atoms with Gasteiger partial charge in [-0.3, -0.25) is 4.79 Å². The SMILES string of the molecule is COc1nc(Cl)ncc1C#CC(N)=O. The summed E-state index contributed by atoms with van der Waals surface area (Å²) in [7, 11) is 1.41. The Morgan fingerprint density at radius 3 is 3.00 bits per heavy atom. The second-order valence-corrected chi connectivity index (χ2v) is 2.51. The number of methoxy groups -OCH3 is 1. The highest BCUT2D eigenvalue weighted by atomic mass is 35.5. The highest BCUT2D eigenvalue weighted by Gasteiger charge is 2.03. The van der Waals surface area contributed by atoms with E-state index in [0.717, 1.165) is 0 Å². The summed E-state index contributed by atoms with van der Waals surface area (Å²) in [6.07, 6.45) is 1.35. The molecule has 5 nitrogen and oxygen atoms in total. The van der Waals surface area contributed by atoms with Crippen molar-refractivity contribution >= 4 is 17.5 Å². The Labute approximate surface area is 85.2 Å². The molecule has 1 heterocycles. The molecule has 1 rings (SSSR count). The Hall–Kier alpha value is -1.80. The molecule has 1 aromatic heterocycles. The molecule has 0 aromatic carbocycles. The summed E-state index contributed by atoms with van der Waals surface area (Å²) in [6.45, 7) is 0. The monoisotopic (exact) mass is 211 g/mol. The Morgan fingerprint density at radius 2 is 2.43 bits per heavy atom. The molecule has 2 N–H and O–H groups in total. The molecular formula is C8H6ClN3O2. The summed E-state index contributed by atoms with van der Waals surface area (Å²) >= 11 is 5.52. The number of primary amides is 1. The van der Waals surface area contributed by atoms with Gasteiger partial charge in [0.1, 0.15) is 5.56 Å². The van der Waals surface area contributed by atoms with E-state index in [4.69, 9.17) is 22.1 Å². The molecule has 0 fully saturated rings. The predicted octanol–water partition coefficient (Wildman–Crippen LogP) is -0.0246. The Balaban J connectivity index is 3.10. The van der Waals surface area contributed by atoms with Gasteiger partial charge < -0.3 is 10.5 Å². The Morgan fingerprint density at radius 1 is 1.71 bits per heavy atom. The van der Waals surface area contributed by atoms with Crippen molar-refractivity contribution in [3.05, 3.63) is 17.0 Å². The molecule has 14 heavy (non-hydrogen) atoms. The number of amides is 1. The van der Waals surface area contributed by atoms with Crippen LogP contribution in [0.4, 0.5) is 0 Å². The van der Waals surface area contributed by atoms with Crippen LogP contribution in [-0.2, 0) is 4.79 Å². The Bertz CT molecular complexity index is 422. The van der Waals surface area contributed by atoms with Crippen LogP contribution in [0.15, 0.2) is 6.20 Å². The normalized spacial score (nSPS) is 8.71. The van der Waals surface area contributed by atoms with E-state index in [1.165, 1.54) is 13.3 Å². The fourth-order valence-corrected chi connectivity index (χ4v) is 0.842. The number of nitrogens with two attached hydrogens (primary N) is 1. The van der Waals surface area contributed by atoms with E-state index in [0.29, 0.717) is 5.56 Å². The van der Waals surface area contributed by atoms with E-state index in [1.54, 1.807) is 0 Å². The van der Waals surface area contributed by atoms with Gasteiger partial charge in [-0.2, -0.15) is 4.98 Å². The summed E-state index contributed by atoms with van der Waals surface area (Å²) in [5.74, 6) is 4.07. The number of nitrogens with zero attached hydrogens (tertiary/aromatic N) is 2. The van der Waals surface area contributed by atoms with Gasteiger partial charge in [-0.25, -0.2) is 4.98 Å². The molecule has 1 amide bonds. The zero-order valence-electron chi connectivity index (χ0n) is 7.24. The number of hydrogen-bond acceptors (Lipinski definition) is 4. The molecule has 1 aromatic rings. The first kappa shape index (κ1) is 10.3. The van der Waals surface area contributed by atoms with Crippen LogP contribution in [0.25, 0.3) is 0 Å². The molecule has 0 bridgehead atoms. The van der Waals surface area contributed by atoms with Crippen molar-refractivity contribution < 1.29 is 9.53 Å². The van der Waals surface area contributed by atoms with E-state index >= 15 is 0 Å². The van der Waals surface area contributed by atoms with Crippen LogP contribution in [0.5, 0.6) is 5.88 Å². The number of carbonyl (C=O) groups excluding carboxylic acids is 1. The van der Waals surface area contributed by atoms with Gasteiger partial charge in [0, 0.05) is 5.92 Å². The minimum atomic E-state index is -0.734. The van der Waals surface area contributed by atoms with Crippen molar-refractivity contribution in [3.8, 4) is 17.7 Å². The van der Waals surface area contributed by atoms with Crippen LogP contribution in [0.3, 0.4) is 0 Å². The van der Waals surface area contributed by atoms with Gasteiger partial charge in [0.25, 0.3) is 5.91 Å². The minimum absolute atomic E-state index is 0.0477. The zero-order valence-corrected chi connectivity index (χ0v) is 8.00. The topological polar surface area (TPSA) is 78.1 Å². The van der Waals surface area contributed by atoms with Crippen molar-refractivity contribution in [3.63, 3.8) is 0 Å². The highest BCUT2D eigenvalue weighted by Crippen LogP contribution is 2.14. The molecule has 0 radical (unpaired) electrons. The van der Waals surface area contributed by atoms with Gasteiger partial charge in [-0.15, -0.1) is 0 Å². The molecule has 72 valence electrons. The molecule has 0 spiro atoms. The van der Waals surface area contributed by atoms with Gasteiger partial charge in [0.15, 0.2) is 0 Å². The van der Waals surface area contributed by atoms with Crippen molar-refractivity contribution in [2.75, 3.05) is 7.11 Å². The van der Waals surface area contributed by atoms with Crippen LogP contribution in [-0.4, -0.2) is 23.0 Å². The third-order valence-corrected chi connectivity index (χ3v) is 1.42. The second kappa shape index (κ2) is 4.44. The van der Waals surface area contributed by atoms with Crippen molar-refractivity contribution in [1.29, 1.82) is 0 Å². The fourth-order valence-electron chi connectivity index (χ4n) is 0.716. The lowest BCUT2D eigenvalue weighted by Crippen LogP contribution is -2.06. The number of rotatable bonds is 1. The maximum absolute atomic E-state index is 10.4. The first-order valence-corrected chi connectivity index (χ1v) is 3.89. The van der Waals surface area contributed by atoms with Crippen molar-refractivity contribution in [2.24, 2.45) is 5.73 Å². The molecule has 0 atom stereocenters. The quantitative estimate of drug-likeness (QED) is 0.523. The molecule has 0 saturated heterocycles. The standard InChI is InChI=1S/C8H6ClN3O2/c1-14-7-5(2-3-6(10)13)4-11-8(9)12-7/h4H,1H3,(H2,10,13). The van der Waals surface area contributed by atoms with Gasteiger partial charge in [-0.1, -0.05) is 0 Å². The van der Waals surface area contributed by atoms with Gasteiger partial charge in [0.2, 0.25) is 11.2 Å². The lowest BCUT2D eigenvalue weighted by atomic mass is 10.3. The number of halogens is 1. The summed E-state index contributed by atoms with van der Waals surface area (Å²) in [4.78, 5) is 17.8. The highest BCUT2D eigenvalue weighted by molar-refractivity contribution is 6.28. The molecular weight excluding hydrogens is 206 g/mol. The summed E-state index contributed by atoms with van der Waals surface area (Å²) < 4.78 is 4.87. The average molecular weight is 212 g/mol. The number of ether oxygens (including phenoxy) is 1. The molecule has 0 saturated carbocycles. The number of hydrogen-bond donors (Lipinski definition) is 1. The fraction of sp³-hybridized carbons (Fsp3) is 0.125. The van der Waals surface area contributed by atoms with Crippen molar-refractivity contribution in [2.45, 2.75) is 0 Å².